The van der Waals surface area contributed by atoms with Gasteiger partial charge < -0.3 is 15.3 Å². The second-order valence-electron chi connectivity index (χ2n) is 5.14. The van der Waals surface area contributed by atoms with Gasteiger partial charge in [0.25, 0.3) is 0 Å². The van der Waals surface area contributed by atoms with Crippen molar-refractivity contribution < 1.29 is 20.1 Å². The van der Waals surface area contributed by atoms with Crippen LogP contribution in [0.1, 0.15) is 50.2 Å². The van der Waals surface area contributed by atoms with Crippen LogP contribution in [-0.4, -0.2) is 27.9 Å². The lowest BCUT2D eigenvalue weighted by atomic mass is 9.91. The molecule has 112 valence electrons. The van der Waals surface area contributed by atoms with Crippen molar-refractivity contribution in [2.24, 2.45) is 5.92 Å². The summed E-state index contributed by atoms with van der Waals surface area (Å²) in [5.74, 6) is -0.908. The van der Waals surface area contributed by atoms with Crippen molar-refractivity contribution in [3.8, 4) is 0 Å². The molecule has 0 bridgehead atoms. The van der Waals surface area contributed by atoms with Crippen LogP contribution in [0.3, 0.4) is 0 Å². The summed E-state index contributed by atoms with van der Waals surface area (Å²) in [6.45, 7) is -0.0365. The summed E-state index contributed by atoms with van der Waals surface area (Å²) in [6, 6.07) is 9.37. The Kier molecular flexibility index (Phi) is 7.92. The molecule has 4 heteroatoms. The van der Waals surface area contributed by atoms with Gasteiger partial charge in [0, 0.05) is 18.9 Å². The zero-order valence-corrected chi connectivity index (χ0v) is 11.7. The summed E-state index contributed by atoms with van der Waals surface area (Å²) < 4.78 is 0. The molecule has 1 aromatic rings. The smallest absolute Gasteiger partial charge is 0.303 e. The molecule has 0 saturated heterocycles. The Morgan fingerprint density at radius 3 is 2.30 bits per heavy atom. The third-order valence-corrected chi connectivity index (χ3v) is 3.54. The summed E-state index contributed by atoms with van der Waals surface area (Å²) in [5.41, 5.74) is 0.831. The Bertz CT molecular complexity index is 377. The van der Waals surface area contributed by atoms with E-state index in [0.29, 0.717) is 6.42 Å². The fourth-order valence-corrected chi connectivity index (χ4v) is 2.31. The quantitative estimate of drug-likeness (QED) is 0.576. The van der Waals surface area contributed by atoms with Gasteiger partial charge in [-0.3, -0.25) is 4.79 Å². The predicted molar refractivity (Wildman–Crippen MR) is 77.3 cm³/mol. The highest BCUT2D eigenvalue weighted by atomic mass is 16.4. The van der Waals surface area contributed by atoms with Crippen LogP contribution in [0.5, 0.6) is 0 Å². The van der Waals surface area contributed by atoms with Gasteiger partial charge in [0.1, 0.15) is 0 Å². The number of hydrogen-bond donors (Lipinski definition) is 3. The zero-order chi connectivity index (χ0) is 14.8. The van der Waals surface area contributed by atoms with E-state index in [4.69, 9.17) is 5.11 Å². The molecular formula is C16H24O4. The number of aliphatic carboxylic acids is 1. The molecule has 2 atom stereocenters. The molecule has 0 saturated carbocycles. The van der Waals surface area contributed by atoms with Crippen molar-refractivity contribution in [3.05, 3.63) is 35.9 Å². The lowest BCUT2D eigenvalue weighted by Gasteiger charge is -2.21. The molecule has 4 nitrogen and oxygen atoms in total. The van der Waals surface area contributed by atoms with Crippen molar-refractivity contribution in [1.82, 2.24) is 0 Å². The maximum Gasteiger partial charge on any atom is 0.303 e. The fraction of sp³-hybridized carbons (Fsp3) is 0.562. The van der Waals surface area contributed by atoms with E-state index in [9.17, 15) is 15.0 Å². The van der Waals surface area contributed by atoms with Gasteiger partial charge in [0.15, 0.2) is 0 Å². The summed E-state index contributed by atoms with van der Waals surface area (Å²) in [6.07, 6.45) is 3.74. The Morgan fingerprint density at radius 2 is 1.70 bits per heavy atom. The molecule has 0 amide bonds. The second kappa shape index (κ2) is 9.50. The monoisotopic (exact) mass is 280 g/mol. The van der Waals surface area contributed by atoms with Crippen molar-refractivity contribution >= 4 is 5.97 Å². The molecule has 3 N–H and O–H groups in total. The van der Waals surface area contributed by atoms with Crippen molar-refractivity contribution in [1.29, 1.82) is 0 Å². The average Bonchev–Trinajstić information content (AvgIpc) is 2.46. The number of benzene rings is 1. The van der Waals surface area contributed by atoms with E-state index >= 15 is 0 Å². The molecular weight excluding hydrogens is 256 g/mol. The molecule has 0 radical (unpaired) electrons. The SMILES string of the molecule is O=C(O)CCCCCCC(CO)C(O)c1ccccc1. The molecule has 0 spiro atoms. The van der Waals surface area contributed by atoms with Gasteiger partial charge in [-0.05, 0) is 18.4 Å². The van der Waals surface area contributed by atoms with Gasteiger partial charge >= 0.3 is 5.97 Å². The van der Waals surface area contributed by atoms with E-state index in [1.165, 1.54) is 0 Å². The molecule has 0 heterocycles. The van der Waals surface area contributed by atoms with E-state index in [1.807, 2.05) is 30.3 Å². The van der Waals surface area contributed by atoms with Gasteiger partial charge in [-0.25, -0.2) is 0 Å². The van der Waals surface area contributed by atoms with E-state index in [1.54, 1.807) is 0 Å². The Balaban J connectivity index is 2.27. The number of rotatable bonds is 10. The lowest BCUT2D eigenvalue weighted by molar-refractivity contribution is -0.137. The number of carboxylic acids is 1. The molecule has 0 aliphatic rings. The normalized spacial score (nSPS) is 13.9. The number of hydrogen-bond acceptors (Lipinski definition) is 3. The van der Waals surface area contributed by atoms with Crippen LogP contribution in [0.2, 0.25) is 0 Å². The van der Waals surface area contributed by atoms with E-state index in [2.05, 4.69) is 0 Å². The first-order valence-electron chi connectivity index (χ1n) is 7.20. The Hall–Kier alpha value is -1.39. The standard InChI is InChI=1S/C16H24O4/c17-12-14(10-4-1-2-7-11-15(18)19)16(20)13-8-5-3-6-9-13/h3,5-6,8-9,14,16-17,20H,1-2,4,7,10-12H2,(H,18,19). The van der Waals surface area contributed by atoms with Crippen LogP contribution in [0.25, 0.3) is 0 Å². The first-order valence-corrected chi connectivity index (χ1v) is 7.20. The largest absolute Gasteiger partial charge is 0.481 e. The minimum Gasteiger partial charge on any atom is -0.481 e. The highest BCUT2D eigenvalue weighted by Crippen LogP contribution is 2.26. The number of carbonyl (C=O) groups is 1. The van der Waals surface area contributed by atoms with E-state index < -0.39 is 12.1 Å². The zero-order valence-electron chi connectivity index (χ0n) is 11.7. The summed E-state index contributed by atoms with van der Waals surface area (Å²) in [5, 5.41) is 28.1. The Labute approximate surface area is 120 Å². The molecule has 20 heavy (non-hydrogen) atoms. The van der Waals surface area contributed by atoms with Gasteiger partial charge in [0.2, 0.25) is 0 Å². The minimum atomic E-state index is -0.752. The molecule has 0 aliphatic carbocycles. The lowest BCUT2D eigenvalue weighted by Crippen LogP contribution is -2.16. The van der Waals surface area contributed by atoms with E-state index in [0.717, 1.165) is 31.2 Å². The maximum atomic E-state index is 10.4. The summed E-state index contributed by atoms with van der Waals surface area (Å²) >= 11 is 0. The van der Waals surface area contributed by atoms with Crippen LogP contribution in [0.15, 0.2) is 30.3 Å². The maximum absolute atomic E-state index is 10.4. The molecule has 2 unspecified atom stereocenters. The highest BCUT2D eigenvalue weighted by Gasteiger charge is 2.19. The summed E-state index contributed by atoms with van der Waals surface area (Å²) in [7, 11) is 0. The van der Waals surface area contributed by atoms with E-state index in [-0.39, 0.29) is 18.9 Å². The first kappa shape index (κ1) is 16.7. The van der Waals surface area contributed by atoms with Gasteiger partial charge in [-0.1, -0.05) is 49.6 Å². The Morgan fingerprint density at radius 1 is 1.05 bits per heavy atom. The van der Waals surface area contributed by atoms with Gasteiger partial charge in [-0.2, -0.15) is 0 Å². The number of aliphatic hydroxyl groups is 2. The molecule has 0 aliphatic heterocycles. The number of aliphatic hydroxyl groups excluding tert-OH is 2. The van der Waals surface area contributed by atoms with Crippen LogP contribution < -0.4 is 0 Å². The fourth-order valence-electron chi connectivity index (χ4n) is 2.31. The van der Waals surface area contributed by atoms with Crippen molar-refractivity contribution in [3.63, 3.8) is 0 Å². The van der Waals surface area contributed by atoms with Crippen LogP contribution in [0, 0.1) is 5.92 Å². The van der Waals surface area contributed by atoms with Crippen LogP contribution in [0.4, 0.5) is 0 Å². The first-order chi connectivity index (χ1) is 9.65. The van der Waals surface area contributed by atoms with Crippen LogP contribution >= 0.6 is 0 Å². The third-order valence-electron chi connectivity index (χ3n) is 3.54. The summed E-state index contributed by atoms with van der Waals surface area (Å²) in [4.78, 5) is 10.4. The number of carboxylic acid groups (broad SMARTS) is 1. The molecule has 1 rings (SSSR count). The van der Waals surface area contributed by atoms with Gasteiger partial charge in [-0.15, -0.1) is 0 Å². The van der Waals surface area contributed by atoms with Gasteiger partial charge in [0.05, 0.1) is 6.10 Å². The highest BCUT2D eigenvalue weighted by molar-refractivity contribution is 5.66. The molecule has 1 aromatic carbocycles. The molecule has 0 aromatic heterocycles. The number of unbranched alkanes of at least 4 members (excludes halogenated alkanes) is 3. The van der Waals surface area contributed by atoms with Crippen molar-refractivity contribution in [2.75, 3.05) is 6.61 Å². The minimum absolute atomic E-state index is 0.0365. The predicted octanol–water partition coefficient (Wildman–Crippen LogP) is 2.75. The topological polar surface area (TPSA) is 77.8 Å². The third kappa shape index (κ3) is 6.17. The average molecular weight is 280 g/mol. The molecule has 0 fully saturated rings. The van der Waals surface area contributed by atoms with Crippen molar-refractivity contribution in [2.45, 2.75) is 44.6 Å². The van der Waals surface area contributed by atoms with Crippen LogP contribution in [-0.2, 0) is 4.79 Å². The second-order valence-corrected chi connectivity index (χ2v) is 5.14.